The van der Waals surface area contributed by atoms with Gasteiger partial charge in [0.05, 0.1) is 5.69 Å². The van der Waals surface area contributed by atoms with E-state index in [0.29, 0.717) is 6.04 Å². The molecular formula is C20H27N3OS. The second kappa shape index (κ2) is 7.67. The van der Waals surface area contributed by atoms with E-state index < -0.39 is 0 Å². The smallest absolute Gasteiger partial charge is 0.265 e. The predicted octanol–water partition coefficient (Wildman–Crippen LogP) is 3.85. The van der Waals surface area contributed by atoms with E-state index >= 15 is 0 Å². The number of hydrogen-bond acceptors (Lipinski definition) is 4. The summed E-state index contributed by atoms with van der Waals surface area (Å²) in [4.78, 5) is 22.8. The first kappa shape index (κ1) is 18.1. The molecule has 1 amide bonds. The molecule has 1 aromatic carbocycles. The number of thiazole rings is 1. The lowest BCUT2D eigenvalue weighted by Crippen LogP contribution is -2.50. The molecular weight excluding hydrogens is 330 g/mol. The molecule has 1 aliphatic heterocycles. The number of benzene rings is 1. The fourth-order valence-corrected chi connectivity index (χ4v) is 4.23. The van der Waals surface area contributed by atoms with Crippen LogP contribution in [-0.2, 0) is 6.42 Å². The second-order valence-corrected chi connectivity index (χ2v) is 7.91. The van der Waals surface area contributed by atoms with Crippen LogP contribution in [0.5, 0.6) is 0 Å². The molecule has 134 valence electrons. The molecule has 5 heteroatoms. The fraction of sp³-hybridized carbons (Fsp3) is 0.500. The van der Waals surface area contributed by atoms with E-state index in [1.165, 1.54) is 16.9 Å². The maximum atomic E-state index is 12.9. The Kier molecular flexibility index (Phi) is 5.54. The largest absolute Gasteiger partial charge is 0.335 e. The zero-order chi connectivity index (χ0) is 18.0. The highest BCUT2D eigenvalue weighted by Gasteiger charge is 2.26. The minimum Gasteiger partial charge on any atom is -0.335 e. The molecule has 0 aliphatic carbocycles. The van der Waals surface area contributed by atoms with Gasteiger partial charge in [0.1, 0.15) is 9.88 Å². The summed E-state index contributed by atoms with van der Waals surface area (Å²) < 4.78 is 0. The van der Waals surface area contributed by atoms with Crippen LogP contribution in [0.2, 0.25) is 0 Å². The number of piperazine rings is 1. The summed E-state index contributed by atoms with van der Waals surface area (Å²) in [7, 11) is 0. The molecule has 0 N–H and O–H groups in total. The minimum absolute atomic E-state index is 0.134. The van der Waals surface area contributed by atoms with Gasteiger partial charge in [-0.15, -0.1) is 11.3 Å². The van der Waals surface area contributed by atoms with Crippen LogP contribution < -0.4 is 0 Å². The molecule has 1 aromatic heterocycles. The standard InChI is InChI=1S/C20H27N3OS/c1-5-16-6-8-17(9-7-16)19-21-15(4)18(25-19)20(24)23-12-10-22(11-13-23)14(2)3/h6-9,14H,5,10-13H2,1-4H3. The van der Waals surface area contributed by atoms with Crippen LogP contribution >= 0.6 is 11.3 Å². The van der Waals surface area contributed by atoms with Gasteiger partial charge in [-0.05, 0) is 32.8 Å². The van der Waals surface area contributed by atoms with Gasteiger partial charge in [-0.2, -0.15) is 0 Å². The van der Waals surface area contributed by atoms with Crippen molar-refractivity contribution in [3.05, 3.63) is 40.4 Å². The van der Waals surface area contributed by atoms with Crippen molar-refractivity contribution in [2.24, 2.45) is 0 Å². The molecule has 0 spiro atoms. The van der Waals surface area contributed by atoms with Crippen molar-refractivity contribution in [2.75, 3.05) is 26.2 Å². The van der Waals surface area contributed by atoms with Crippen molar-refractivity contribution in [1.29, 1.82) is 0 Å². The topological polar surface area (TPSA) is 36.4 Å². The summed E-state index contributed by atoms with van der Waals surface area (Å²) in [5.41, 5.74) is 3.25. The maximum absolute atomic E-state index is 12.9. The number of rotatable bonds is 4. The number of aromatic nitrogens is 1. The van der Waals surface area contributed by atoms with Crippen LogP contribution in [0, 0.1) is 6.92 Å². The first-order valence-corrected chi connectivity index (χ1v) is 9.91. The maximum Gasteiger partial charge on any atom is 0.265 e. The number of carbonyl (C=O) groups is 1. The van der Waals surface area contributed by atoms with E-state index in [0.717, 1.165) is 53.7 Å². The first-order valence-electron chi connectivity index (χ1n) is 9.09. The Morgan fingerprint density at radius 2 is 1.80 bits per heavy atom. The lowest BCUT2D eigenvalue weighted by molar-refractivity contribution is 0.0599. The van der Waals surface area contributed by atoms with Crippen molar-refractivity contribution in [3.63, 3.8) is 0 Å². The quantitative estimate of drug-likeness (QED) is 0.834. The van der Waals surface area contributed by atoms with E-state index in [-0.39, 0.29) is 5.91 Å². The second-order valence-electron chi connectivity index (χ2n) is 6.91. The normalized spacial score (nSPS) is 15.8. The van der Waals surface area contributed by atoms with Crippen LogP contribution in [0.4, 0.5) is 0 Å². The van der Waals surface area contributed by atoms with Crippen molar-refractivity contribution in [1.82, 2.24) is 14.8 Å². The summed E-state index contributed by atoms with van der Waals surface area (Å²) in [6.07, 6.45) is 1.03. The first-order chi connectivity index (χ1) is 12.0. The Hall–Kier alpha value is -1.72. The molecule has 1 fully saturated rings. The van der Waals surface area contributed by atoms with Crippen LogP contribution in [0.15, 0.2) is 24.3 Å². The predicted molar refractivity (Wildman–Crippen MR) is 104 cm³/mol. The van der Waals surface area contributed by atoms with Crippen molar-refractivity contribution in [2.45, 2.75) is 40.2 Å². The Labute approximate surface area is 154 Å². The highest BCUT2D eigenvalue weighted by atomic mass is 32.1. The van der Waals surface area contributed by atoms with E-state index in [1.807, 2.05) is 11.8 Å². The Bertz CT molecular complexity index is 728. The molecule has 0 unspecified atom stereocenters. The summed E-state index contributed by atoms with van der Waals surface area (Å²) in [6.45, 7) is 12.0. The highest BCUT2D eigenvalue weighted by molar-refractivity contribution is 7.17. The summed E-state index contributed by atoms with van der Waals surface area (Å²) >= 11 is 1.52. The third kappa shape index (κ3) is 3.93. The highest BCUT2D eigenvalue weighted by Crippen LogP contribution is 2.29. The molecule has 25 heavy (non-hydrogen) atoms. The molecule has 0 radical (unpaired) electrons. The summed E-state index contributed by atoms with van der Waals surface area (Å²) in [5.74, 6) is 0.134. The molecule has 2 aromatic rings. The van der Waals surface area contributed by atoms with Gasteiger partial charge in [0.25, 0.3) is 5.91 Å². The third-order valence-electron chi connectivity index (χ3n) is 4.93. The average molecular weight is 358 g/mol. The number of amides is 1. The van der Waals surface area contributed by atoms with Crippen LogP contribution in [0.3, 0.4) is 0 Å². The van der Waals surface area contributed by atoms with Gasteiger partial charge in [-0.25, -0.2) is 4.98 Å². The van der Waals surface area contributed by atoms with E-state index in [2.05, 4.69) is 54.9 Å². The average Bonchev–Trinajstić information content (AvgIpc) is 3.03. The lowest BCUT2D eigenvalue weighted by atomic mass is 10.1. The van der Waals surface area contributed by atoms with E-state index in [4.69, 9.17) is 0 Å². The molecule has 3 rings (SSSR count). The molecule has 4 nitrogen and oxygen atoms in total. The van der Waals surface area contributed by atoms with Crippen molar-refractivity contribution in [3.8, 4) is 10.6 Å². The summed E-state index contributed by atoms with van der Waals surface area (Å²) in [6, 6.07) is 9.02. The molecule has 1 saturated heterocycles. The molecule has 0 bridgehead atoms. The van der Waals surface area contributed by atoms with Gasteiger partial charge < -0.3 is 4.90 Å². The Morgan fingerprint density at radius 1 is 1.16 bits per heavy atom. The monoisotopic (exact) mass is 357 g/mol. The summed E-state index contributed by atoms with van der Waals surface area (Å²) in [5, 5.41) is 0.935. The number of nitrogens with zero attached hydrogens (tertiary/aromatic N) is 3. The van der Waals surface area contributed by atoms with Crippen LogP contribution in [-0.4, -0.2) is 52.9 Å². The molecule has 0 atom stereocenters. The number of hydrogen-bond donors (Lipinski definition) is 0. The van der Waals surface area contributed by atoms with Crippen molar-refractivity contribution < 1.29 is 4.79 Å². The minimum atomic E-state index is 0.134. The van der Waals surface area contributed by atoms with Gasteiger partial charge in [-0.1, -0.05) is 31.2 Å². The molecule has 0 saturated carbocycles. The SMILES string of the molecule is CCc1ccc(-c2nc(C)c(C(=O)N3CCN(C(C)C)CC3)s2)cc1. The third-order valence-corrected chi connectivity index (χ3v) is 6.13. The van der Waals surface area contributed by atoms with Crippen LogP contribution in [0.25, 0.3) is 10.6 Å². The fourth-order valence-electron chi connectivity index (χ4n) is 3.19. The molecule has 1 aliphatic rings. The zero-order valence-electron chi connectivity index (χ0n) is 15.6. The number of aryl methyl sites for hydroxylation is 2. The van der Waals surface area contributed by atoms with E-state index in [1.54, 1.807) is 0 Å². The van der Waals surface area contributed by atoms with E-state index in [9.17, 15) is 4.79 Å². The Morgan fingerprint density at radius 3 is 2.36 bits per heavy atom. The lowest BCUT2D eigenvalue weighted by Gasteiger charge is -2.36. The van der Waals surface area contributed by atoms with Crippen LogP contribution in [0.1, 0.15) is 41.7 Å². The van der Waals surface area contributed by atoms with Crippen molar-refractivity contribution >= 4 is 17.2 Å². The van der Waals surface area contributed by atoms with Gasteiger partial charge in [0.15, 0.2) is 0 Å². The van der Waals surface area contributed by atoms with Gasteiger partial charge in [0.2, 0.25) is 0 Å². The number of carbonyl (C=O) groups excluding carboxylic acids is 1. The Balaban J connectivity index is 1.74. The van der Waals surface area contributed by atoms with Gasteiger partial charge in [-0.3, -0.25) is 9.69 Å². The zero-order valence-corrected chi connectivity index (χ0v) is 16.4. The van der Waals surface area contributed by atoms with Gasteiger partial charge >= 0.3 is 0 Å². The molecule has 2 heterocycles. The van der Waals surface area contributed by atoms with Gasteiger partial charge in [0, 0.05) is 37.8 Å².